The fraction of sp³-hybridized carbons (Fsp3) is 0.500. The maximum absolute atomic E-state index is 12.4. The molecule has 2 aromatic rings. The highest BCUT2D eigenvalue weighted by Gasteiger charge is 2.13. The van der Waals surface area contributed by atoms with Crippen molar-refractivity contribution >= 4 is 0 Å². The van der Waals surface area contributed by atoms with Crippen molar-refractivity contribution < 1.29 is 0 Å². The average Bonchev–Trinajstić information content (AvgIpc) is 2.54. The van der Waals surface area contributed by atoms with Gasteiger partial charge in [0.2, 0.25) is 0 Å². The quantitative estimate of drug-likeness (QED) is 0.647. The summed E-state index contributed by atoms with van der Waals surface area (Å²) in [5.74, 6) is 0. The summed E-state index contributed by atoms with van der Waals surface area (Å²) >= 11 is 0. The molecule has 128 valence electrons. The Morgan fingerprint density at radius 1 is 0.667 bits per heavy atom. The fourth-order valence-electron chi connectivity index (χ4n) is 3.11. The Bertz CT molecular complexity index is 941. The second-order valence-electron chi connectivity index (χ2n) is 6.20. The molecule has 0 amide bonds. The van der Waals surface area contributed by atoms with Crippen LogP contribution in [0.5, 0.6) is 0 Å². The first-order chi connectivity index (χ1) is 11.4. The summed E-state index contributed by atoms with van der Waals surface area (Å²) in [6, 6.07) is 0. The van der Waals surface area contributed by atoms with Gasteiger partial charge in [-0.05, 0) is 26.7 Å². The van der Waals surface area contributed by atoms with Gasteiger partial charge < -0.3 is 9.13 Å². The number of hydrogen-bond donors (Lipinski definition) is 0. The van der Waals surface area contributed by atoms with Gasteiger partial charge in [-0.1, -0.05) is 0 Å². The molecule has 24 heavy (non-hydrogen) atoms. The Kier molecular flexibility index (Phi) is 4.13. The van der Waals surface area contributed by atoms with Gasteiger partial charge in [-0.2, -0.15) is 0 Å². The van der Waals surface area contributed by atoms with E-state index in [4.69, 9.17) is 0 Å². The summed E-state index contributed by atoms with van der Waals surface area (Å²) in [4.78, 5) is 49.3. The minimum absolute atomic E-state index is 0.180. The van der Waals surface area contributed by atoms with E-state index in [2.05, 4.69) is 0 Å². The molecule has 0 saturated carbocycles. The van der Waals surface area contributed by atoms with Crippen LogP contribution < -0.4 is 22.5 Å². The van der Waals surface area contributed by atoms with Gasteiger partial charge in [-0.25, -0.2) is 9.59 Å². The van der Waals surface area contributed by atoms with E-state index in [1.165, 1.54) is 18.3 Å². The Labute approximate surface area is 137 Å². The van der Waals surface area contributed by atoms with Crippen LogP contribution in [-0.2, 0) is 26.2 Å². The highest BCUT2D eigenvalue weighted by atomic mass is 16.2. The lowest BCUT2D eigenvalue weighted by Crippen LogP contribution is -2.44. The van der Waals surface area contributed by atoms with E-state index in [1.54, 1.807) is 26.2 Å². The zero-order chi connectivity index (χ0) is 17.4. The predicted octanol–water partition coefficient (Wildman–Crippen LogP) is -0.556. The molecule has 3 rings (SSSR count). The molecule has 0 radical (unpaired) electrons. The molecule has 1 aliphatic heterocycles. The molecule has 0 aliphatic carbocycles. The summed E-state index contributed by atoms with van der Waals surface area (Å²) in [7, 11) is 0. The second-order valence-corrected chi connectivity index (χ2v) is 6.20. The zero-order valence-electron chi connectivity index (χ0n) is 13.8. The summed E-state index contributed by atoms with van der Waals surface area (Å²) in [6.07, 6.45) is 4.05. The standard InChI is InChI=1S/C16H20N4O4/c1-11-9-17-5-3-6-18-10-12(2)14(22)20(16(18)24)8-4-7-19(13(11)21)15(17)23/h9-10H,3-8H2,1-2H3. The first-order valence-corrected chi connectivity index (χ1v) is 8.02. The monoisotopic (exact) mass is 332 g/mol. The second kappa shape index (κ2) is 6.10. The van der Waals surface area contributed by atoms with Gasteiger partial charge in [0.15, 0.2) is 0 Å². The molecule has 8 nitrogen and oxygen atoms in total. The van der Waals surface area contributed by atoms with Gasteiger partial charge in [-0.3, -0.25) is 18.7 Å². The molecule has 3 heterocycles. The highest BCUT2D eigenvalue weighted by Crippen LogP contribution is 1.97. The Hall–Kier alpha value is -2.64. The van der Waals surface area contributed by atoms with Crippen LogP contribution in [0.1, 0.15) is 24.0 Å². The number of aryl methyl sites for hydroxylation is 4. The third kappa shape index (κ3) is 2.68. The van der Waals surface area contributed by atoms with E-state index in [-0.39, 0.29) is 35.6 Å². The fourth-order valence-corrected chi connectivity index (χ4v) is 3.11. The normalized spacial score (nSPS) is 14.8. The molecule has 8 heteroatoms. The van der Waals surface area contributed by atoms with Crippen molar-refractivity contribution in [2.75, 3.05) is 0 Å². The lowest BCUT2D eigenvalue weighted by atomic mass is 10.3. The molecule has 0 atom stereocenters. The van der Waals surface area contributed by atoms with Gasteiger partial charge in [0.25, 0.3) is 11.1 Å². The third-order valence-corrected chi connectivity index (χ3v) is 4.38. The molecule has 0 aromatic carbocycles. The van der Waals surface area contributed by atoms with Crippen molar-refractivity contribution in [3.63, 3.8) is 0 Å². The van der Waals surface area contributed by atoms with E-state index >= 15 is 0 Å². The number of fused-ring (bicyclic) bond motifs is 4. The van der Waals surface area contributed by atoms with Gasteiger partial charge >= 0.3 is 11.4 Å². The summed E-state index contributed by atoms with van der Waals surface area (Å²) in [6.45, 7) is 4.54. The van der Waals surface area contributed by atoms with Crippen molar-refractivity contribution in [1.29, 1.82) is 0 Å². The topological polar surface area (TPSA) is 88.0 Å². The molecular weight excluding hydrogens is 312 g/mol. The van der Waals surface area contributed by atoms with Crippen molar-refractivity contribution in [3.8, 4) is 0 Å². The predicted molar refractivity (Wildman–Crippen MR) is 88.6 cm³/mol. The summed E-state index contributed by atoms with van der Waals surface area (Å²) in [5.41, 5.74) is -0.299. The number of rotatable bonds is 0. The number of aromatic nitrogens is 4. The van der Waals surface area contributed by atoms with Crippen LogP contribution in [-0.4, -0.2) is 18.3 Å². The van der Waals surface area contributed by atoms with Crippen LogP contribution in [0.4, 0.5) is 0 Å². The Morgan fingerprint density at radius 3 is 1.46 bits per heavy atom. The lowest BCUT2D eigenvalue weighted by Gasteiger charge is -2.16. The minimum atomic E-state index is -0.342. The van der Waals surface area contributed by atoms with Crippen molar-refractivity contribution in [1.82, 2.24) is 18.3 Å². The smallest absolute Gasteiger partial charge is 0.300 e. The first kappa shape index (κ1) is 16.2. The zero-order valence-corrected chi connectivity index (χ0v) is 13.8. The van der Waals surface area contributed by atoms with Crippen LogP contribution in [0.25, 0.3) is 0 Å². The van der Waals surface area contributed by atoms with Crippen LogP contribution >= 0.6 is 0 Å². The maximum atomic E-state index is 12.4. The third-order valence-electron chi connectivity index (χ3n) is 4.38. The van der Waals surface area contributed by atoms with Crippen LogP contribution in [0, 0.1) is 13.8 Å². The van der Waals surface area contributed by atoms with E-state index in [9.17, 15) is 19.2 Å². The molecule has 2 aromatic heterocycles. The van der Waals surface area contributed by atoms with E-state index in [0.29, 0.717) is 37.1 Å². The van der Waals surface area contributed by atoms with E-state index in [0.717, 1.165) is 0 Å². The van der Waals surface area contributed by atoms with Gasteiger partial charge in [-0.15, -0.1) is 0 Å². The Balaban J connectivity index is 2.11. The van der Waals surface area contributed by atoms with Crippen molar-refractivity contribution in [2.45, 2.75) is 52.9 Å². The molecular formula is C16H20N4O4. The molecule has 0 N–H and O–H groups in total. The van der Waals surface area contributed by atoms with E-state index in [1.807, 2.05) is 0 Å². The van der Waals surface area contributed by atoms with Crippen molar-refractivity contribution in [2.24, 2.45) is 0 Å². The largest absolute Gasteiger partial charge is 0.330 e. The average molecular weight is 332 g/mol. The first-order valence-electron chi connectivity index (χ1n) is 8.02. The van der Waals surface area contributed by atoms with Gasteiger partial charge in [0.05, 0.1) is 0 Å². The minimum Gasteiger partial charge on any atom is -0.300 e. The lowest BCUT2D eigenvalue weighted by molar-refractivity contribution is 0.440. The van der Waals surface area contributed by atoms with Crippen molar-refractivity contribution in [3.05, 3.63) is 65.2 Å². The summed E-state index contributed by atoms with van der Waals surface area (Å²) < 4.78 is 5.42. The highest BCUT2D eigenvalue weighted by molar-refractivity contribution is 5.04. The maximum Gasteiger partial charge on any atom is 0.330 e. The van der Waals surface area contributed by atoms with Gasteiger partial charge in [0.1, 0.15) is 0 Å². The number of hydrogen-bond acceptors (Lipinski definition) is 4. The summed E-state index contributed by atoms with van der Waals surface area (Å²) in [5, 5.41) is 0. The molecule has 0 saturated heterocycles. The number of nitrogens with zero attached hydrogens (tertiary/aromatic N) is 4. The SMILES string of the molecule is Cc1cn2c(=O)n(c1=O)CCCn1c(=O)c(C)cn(c1=O)CCC2. The van der Waals surface area contributed by atoms with Crippen LogP contribution in [0.15, 0.2) is 31.6 Å². The van der Waals surface area contributed by atoms with E-state index < -0.39 is 0 Å². The molecule has 0 spiro atoms. The van der Waals surface area contributed by atoms with Crippen LogP contribution in [0.2, 0.25) is 0 Å². The van der Waals surface area contributed by atoms with Crippen LogP contribution in [0.3, 0.4) is 0 Å². The van der Waals surface area contributed by atoms with Gasteiger partial charge in [0, 0.05) is 49.7 Å². The molecule has 0 unspecified atom stereocenters. The Morgan fingerprint density at radius 2 is 1.04 bits per heavy atom. The molecule has 0 fully saturated rings. The molecule has 4 bridgehead atoms. The molecule has 1 aliphatic rings.